The highest BCUT2D eigenvalue weighted by molar-refractivity contribution is 7.21. The number of carbonyl (C=O) groups excluding carboxylic acids is 3. The van der Waals surface area contributed by atoms with Gasteiger partial charge in [0.05, 0.1) is 22.4 Å². The van der Waals surface area contributed by atoms with Gasteiger partial charge in [0.25, 0.3) is 5.91 Å². The first-order chi connectivity index (χ1) is 20.5. The predicted molar refractivity (Wildman–Crippen MR) is 161 cm³/mol. The summed E-state index contributed by atoms with van der Waals surface area (Å²) in [5.74, 6) is -2.32. The van der Waals surface area contributed by atoms with Crippen LogP contribution >= 0.6 is 11.3 Å². The van der Waals surface area contributed by atoms with Crippen molar-refractivity contribution in [1.82, 2.24) is 15.2 Å². The van der Waals surface area contributed by atoms with Crippen LogP contribution in [0.5, 0.6) is 0 Å². The number of thiophene rings is 1. The van der Waals surface area contributed by atoms with E-state index in [1.165, 1.54) is 17.0 Å². The monoisotopic (exact) mass is 605 g/mol. The van der Waals surface area contributed by atoms with Crippen LogP contribution in [0, 0.1) is 11.6 Å². The van der Waals surface area contributed by atoms with Crippen LogP contribution in [-0.4, -0.2) is 52.6 Å². The van der Waals surface area contributed by atoms with Gasteiger partial charge in [-0.3, -0.25) is 9.69 Å². The van der Waals surface area contributed by atoms with E-state index in [1.54, 1.807) is 62.2 Å². The molecule has 4 aromatic rings. The third-order valence-electron chi connectivity index (χ3n) is 7.23. The molecule has 2 aliphatic heterocycles. The number of hydrogen-bond donors (Lipinski definition) is 2. The predicted octanol–water partition coefficient (Wildman–Crippen LogP) is 7.05. The van der Waals surface area contributed by atoms with Crippen molar-refractivity contribution in [3.63, 3.8) is 0 Å². The largest absolute Gasteiger partial charge is 0.444 e. The normalized spacial score (nSPS) is 16.7. The molecule has 0 aliphatic carbocycles. The highest BCUT2D eigenvalue weighted by atomic mass is 32.1. The van der Waals surface area contributed by atoms with Crippen molar-refractivity contribution < 1.29 is 27.9 Å². The molecule has 1 fully saturated rings. The van der Waals surface area contributed by atoms with Gasteiger partial charge in [-0.2, -0.15) is 0 Å². The molecular weight excluding hydrogens is 576 g/mol. The smallest absolute Gasteiger partial charge is 0.410 e. The number of benzene rings is 2. The minimum Gasteiger partial charge on any atom is -0.444 e. The number of ether oxygens (including phenoxy) is 1. The Balaban J connectivity index is 1.29. The van der Waals surface area contributed by atoms with E-state index in [-0.39, 0.29) is 17.5 Å². The third-order valence-corrected chi connectivity index (χ3v) is 8.32. The van der Waals surface area contributed by atoms with Gasteiger partial charge in [0.1, 0.15) is 15.3 Å². The van der Waals surface area contributed by atoms with Gasteiger partial charge in [-0.05, 0) is 63.4 Å². The highest BCUT2D eigenvalue weighted by Gasteiger charge is 2.34. The number of amides is 4. The zero-order valence-corrected chi connectivity index (χ0v) is 24.6. The summed E-state index contributed by atoms with van der Waals surface area (Å²) in [4.78, 5) is 48.0. The van der Waals surface area contributed by atoms with Gasteiger partial charge in [-0.15, -0.1) is 11.3 Å². The van der Waals surface area contributed by atoms with Gasteiger partial charge in [0, 0.05) is 30.9 Å². The molecule has 2 aromatic carbocycles. The fourth-order valence-corrected chi connectivity index (χ4v) is 6.40. The Hall–Kier alpha value is -4.58. The van der Waals surface area contributed by atoms with Gasteiger partial charge in [-0.1, -0.05) is 24.3 Å². The zero-order valence-electron chi connectivity index (χ0n) is 23.7. The molecule has 0 unspecified atom stereocenters. The van der Waals surface area contributed by atoms with E-state index in [1.807, 2.05) is 0 Å². The second-order valence-corrected chi connectivity index (χ2v) is 12.5. The maximum atomic E-state index is 14.6. The number of likely N-dealkylation sites (tertiary alicyclic amines) is 1. The molecule has 1 saturated heterocycles. The SMILES string of the molecule is CC(C)(C)OC(=O)N1CCC[C@@H](NC(=O)c2sc3nccc4c3c2NC(=O)N4c2cccc(-c3cccc(F)c3F)c2)C1. The van der Waals surface area contributed by atoms with Crippen LogP contribution in [-0.2, 0) is 4.74 Å². The third kappa shape index (κ3) is 5.50. The van der Waals surface area contributed by atoms with Crippen LogP contribution in [0.2, 0.25) is 0 Å². The summed E-state index contributed by atoms with van der Waals surface area (Å²) in [6, 6.07) is 11.4. The zero-order chi connectivity index (χ0) is 30.5. The molecule has 6 rings (SSSR count). The average molecular weight is 606 g/mol. The van der Waals surface area contributed by atoms with E-state index < -0.39 is 29.4 Å². The number of nitrogens with zero attached hydrogens (tertiary/aromatic N) is 3. The minimum absolute atomic E-state index is 0.0715. The van der Waals surface area contributed by atoms with E-state index in [4.69, 9.17) is 4.74 Å². The summed E-state index contributed by atoms with van der Waals surface area (Å²) < 4.78 is 34.0. The fourth-order valence-electron chi connectivity index (χ4n) is 5.38. The Kier molecular flexibility index (Phi) is 7.25. The van der Waals surface area contributed by atoms with Crippen LogP contribution in [0.1, 0.15) is 43.3 Å². The summed E-state index contributed by atoms with van der Waals surface area (Å²) in [6.45, 7) is 6.27. The standard InChI is InChI=1S/C31H29F2N5O4S/c1-31(2,3)42-30(41)37-14-6-8-18(16-37)35-27(39)26-25-23-22(12-13-34-28(23)43-26)38(29(40)36-25)19-9-4-7-17(15-19)20-10-5-11-21(32)24(20)33/h4-5,7,9-13,15,18H,6,8,14,16H2,1-3H3,(H,35,39)(H,36,40)/t18-/m1/s1. The Labute approximate surface area is 250 Å². The average Bonchev–Trinajstić information content (AvgIpc) is 3.33. The lowest BCUT2D eigenvalue weighted by Gasteiger charge is -2.34. The number of carbonyl (C=O) groups is 3. The molecule has 43 heavy (non-hydrogen) atoms. The number of nitrogens with one attached hydrogen (secondary N) is 2. The Morgan fingerprint density at radius 3 is 2.72 bits per heavy atom. The second-order valence-electron chi connectivity index (χ2n) is 11.5. The maximum absolute atomic E-state index is 14.6. The molecule has 2 aliphatic rings. The summed E-state index contributed by atoms with van der Waals surface area (Å²) in [6.07, 6.45) is 2.53. The van der Waals surface area contributed by atoms with E-state index in [0.717, 1.165) is 17.4 Å². The highest BCUT2D eigenvalue weighted by Crippen LogP contribution is 2.46. The van der Waals surface area contributed by atoms with Gasteiger partial charge < -0.3 is 20.3 Å². The number of rotatable bonds is 4. The molecule has 12 heteroatoms. The van der Waals surface area contributed by atoms with Crippen molar-refractivity contribution in [1.29, 1.82) is 0 Å². The number of hydrogen-bond acceptors (Lipinski definition) is 6. The first kappa shape index (κ1) is 28.5. The molecule has 2 N–H and O–H groups in total. The van der Waals surface area contributed by atoms with E-state index in [2.05, 4.69) is 15.6 Å². The molecule has 9 nitrogen and oxygen atoms in total. The summed E-state index contributed by atoms with van der Waals surface area (Å²) in [5, 5.41) is 6.46. The van der Waals surface area contributed by atoms with Crippen LogP contribution in [0.25, 0.3) is 21.3 Å². The molecule has 0 radical (unpaired) electrons. The lowest BCUT2D eigenvalue weighted by molar-refractivity contribution is 0.0185. The lowest BCUT2D eigenvalue weighted by Crippen LogP contribution is -2.50. The summed E-state index contributed by atoms with van der Waals surface area (Å²) in [7, 11) is 0. The van der Waals surface area contributed by atoms with Crippen molar-refractivity contribution in [2.45, 2.75) is 45.3 Å². The van der Waals surface area contributed by atoms with Crippen LogP contribution < -0.4 is 15.5 Å². The first-order valence-electron chi connectivity index (χ1n) is 13.9. The van der Waals surface area contributed by atoms with Gasteiger partial charge >= 0.3 is 12.1 Å². The van der Waals surface area contributed by atoms with Crippen LogP contribution in [0.4, 0.5) is 35.4 Å². The minimum atomic E-state index is -0.975. The molecule has 2 aromatic heterocycles. The van der Waals surface area contributed by atoms with E-state index in [0.29, 0.717) is 63.7 Å². The molecule has 222 valence electrons. The molecule has 4 heterocycles. The maximum Gasteiger partial charge on any atom is 0.410 e. The fraction of sp³-hybridized carbons (Fsp3) is 0.290. The van der Waals surface area contributed by atoms with E-state index in [9.17, 15) is 23.2 Å². The van der Waals surface area contributed by atoms with Crippen molar-refractivity contribution >= 4 is 56.6 Å². The molecule has 0 saturated carbocycles. The quantitative estimate of drug-likeness (QED) is 0.259. The first-order valence-corrected chi connectivity index (χ1v) is 14.7. The number of urea groups is 1. The molecule has 1 atom stereocenters. The molecule has 0 spiro atoms. The number of pyridine rings is 1. The number of piperidine rings is 1. The Bertz CT molecular complexity index is 1770. The van der Waals surface area contributed by atoms with Gasteiger partial charge in [0.15, 0.2) is 11.6 Å². The Morgan fingerprint density at radius 2 is 1.93 bits per heavy atom. The van der Waals surface area contributed by atoms with Crippen LogP contribution in [0.3, 0.4) is 0 Å². The number of aromatic nitrogens is 1. The summed E-state index contributed by atoms with van der Waals surface area (Å²) in [5.41, 5.74) is 1.14. The molecular formula is C31H29F2N5O4S. The molecule has 4 amide bonds. The van der Waals surface area contributed by atoms with Gasteiger partial charge in [-0.25, -0.2) is 23.4 Å². The van der Waals surface area contributed by atoms with Crippen molar-refractivity contribution in [3.05, 3.63) is 71.2 Å². The van der Waals surface area contributed by atoms with Crippen molar-refractivity contribution in [2.75, 3.05) is 23.3 Å². The Morgan fingerprint density at radius 1 is 1.14 bits per heavy atom. The number of anilines is 3. The topological polar surface area (TPSA) is 104 Å². The summed E-state index contributed by atoms with van der Waals surface area (Å²) >= 11 is 1.16. The second kappa shape index (κ2) is 10.9. The molecule has 0 bridgehead atoms. The van der Waals surface area contributed by atoms with E-state index >= 15 is 0 Å². The van der Waals surface area contributed by atoms with Gasteiger partial charge in [0.2, 0.25) is 0 Å². The van der Waals surface area contributed by atoms with Crippen LogP contribution in [0.15, 0.2) is 54.7 Å². The lowest BCUT2D eigenvalue weighted by atomic mass is 10.0. The number of halogens is 2. The van der Waals surface area contributed by atoms with Crippen molar-refractivity contribution in [2.24, 2.45) is 0 Å². The van der Waals surface area contributed by atoms with Crippen molar-refractivity contribution in [3.8, 4) is 11.1 Å².